The predicted octanol–water partition coefficient (Wildman–Crippen LogP) is 1.48. The first kappa shape index (κ1) is 37.5. The number of rotatable bonds is 13. The fourth-order valence-corrected chi connectivity index (χ4v) is 5.39. The van der Waals surface area contributed by atoms with E-state index in [0.29, 0.717) is 28.6 Å². The molecule has 3 N–H and O–H groups in total. The highest BCUT2D eigenvalue weighted by Gasteiger charge is 2.45. The molecule has 241 valence electrons. The number of benzene rings is 2. The molecule has 4 rings (SSSR count). The van der Waals surface area contributed by atoms with Crippen LogP contribution in [0.3, 0.4) is 0 Å². The lowest BCUT2D eigenvalue weighted by molar-refractivity contribution is -0.00821. The van der Waals surface area contributed by atoms with Crippen molar-refractivity contribution in [2.24, 2.45) is 5.10 Å². The Bertz CT molecular complexity index is 1530. The van der Waals surface area contributed by atoms with Crippen LogP contribution in [0.2, 0.25) is 0 Å². The maximum Gasteiger partial charge on any atom is 0.407 e. The normalized spacial score (nSPS) is 14.7. The number of carbonyl (C=O) groups is 1. The molecule has 15 heteroatoms. The molecule has 0 aliphatic carbocycles. The Balaban J connectivity index is 0.00000353. The van der Waals surface area contributed by atoms with Crippen LogP contribution < -0.4 is 28.0 Å². The highest BCUT2D eigenvalue weighted by molar-refractivity contribution is 7.10. The van der Waals surface area contributed by atoms with Crippen molar-refractivity contribution in [2.75, 3.05) is 26.7 Å². The SMILES string of the molecule is CNC(C)CCNC(=O)OCCC1=NN(C[C@](O)(c2cc(F)ccc2F)[C@@H](C)c2nc(-c3ccc(C#N)cc3)cs2)C=[N+]1.Cl.[Cl-]. The Kier molecular flexibility index (Phi) is 14.3. The average molecular weight is 682 g/mol. The minimum atomic E-state index is -1.96. The van der Waals surface area contributed by atoms with Crippen molar-refractivity contribution in [1.82, 2.24) is 25.6 Å². The lowest BCUT2D eigenvalue weighted by Gasteiger charge is -2.33. The Hall–Kier alpha value is -3.67. The minimum Gasteiger partial charge on any atom is -1.00 e. The van der Waals surface area contributed by atoms with Gasteiger partial charge in [0, 0.05) is 40.1 Å². The van der Waals surface area contributed by atoms with Gasteiger partial charge in [-0.15, -0.1) is 28.8 Å². The summed E-state index contributed by atoms with van der Waals surface area (Å²) in [6, 6.07) is 12.2. The summed E-state index contributed by atoms with van der Waals surface area (Å²) in [5, 5.41) is 34.9. The number of hydrazone groups is 1. The first-order valence-corrected chi connectivity index (χ1v) is 14.6. The van der Waals surface area contributed by atoms with E-state index in [1.54, 1.807) is 36.6 Å². The third-order valence-corrected chi connectivity index (χ3v) is 8.23. The largest absolute Gasteiger partial charge is 1.00 e. The first-order chi connectivity index (χ1) is 20.6. The van der Waals surface area contributed by atoms with Crippen LogP contribution >= 0.6 is 23.7 Å². The van der Waals surface area contributed by atoms with Crippen LogP contribution in [-0.2, 0) is 10.3 Å². The number of β-amino-alcohol motifs (C(OH)–C–C–N with tert-alkyl or cyclic N) is 1. The number of aliphatic imine (C=N–C) groups is 1. The van der Waals surface area contributed by atoms with Crippen molar-refractivity contribution in [2.45, 2.75) is 44.2 Å². The third kappa shape index (κ3) is 9.66. The smallest absolute Gasteiger partial charge is 0.407 e. The Morgan fingerprint density at radius 1 is 1.24 bits per heavy atom. The number of amidine groups is 1. The molecule has 1 unspecified atom stereocenters. The van der Waals surface area contributed by atoms with E-state index in [4.69, 9.17) is 10.00 Å². The summed E-state index contributed by atoms with van der Waals surface area (Å²) in [7, 11) is 1.85. The lowest BCUT2D eigenvalue weighted by atomic mass is 9.81. The molecule has 1 aliphatic rings. The van der Waals surface area contributed by atoms with Crippen molar-refractivity contribution in [3.05, 3.63) is 75.6 Å². The lowest BCUT2D eigenvalue weighted by Crippen LogP contribution is -3.00. The van der Waals surface area contributed by atoms with E-state index in [9.17, 15) is 14.3 Å². The molecule has 0 bridgehead atoms. The van der Waals surface area contributed by atoms with Crippen LogP contribution in [0.15, 0.2) is 52.9 Å². The Labute approximate surface area is 277 Å². The molecule has 1 radical (unpaired) electrons. The van der Waals surface area contributed by atoms with Crippen LogP contribution in [0.4, 0.5) is 13.6 Å². The number of aromatic nitrogens is 1. The van der Waals surface area contributed by atoms with Gasteiger partial charge in [-0.3, -0.25) is 0 Å². The number of nitrogens with one attached hydrogen (secondary N) is 2. The summed E-state index contributed by atoms with van der Waals surface area (Å²) in [5.74, 6) is -1.91. The fourth-order valence-electron chi connectivity index (χ4n) is 4.42. The maximum absolute atomic E-state index is 15.1. The highest BCUT2D eigenvalue weighted by Crippen LogP contribution is 2.41. The zero-order chi connectivity index (χ0) is 31.0. The van der Waals surface area contributed by atoms with Gasteiger partial charge in [0.05, 0.1) is 28.8 Å². The predicted molar refractivity (Wildman–Crippen MR) is 168 cm³/mol. The topological polar surface area (TPSA) is 137 Å². The first-order valence-electron chi connectivity index (χ1n) is 13.7. The minimum absolute atomic E-state index is 0. The van der Waals surface area contributed by atoms with Gasteiger partial charge in [-0.25, -0.2) is 18.6 Å². The number of aliphatic hydroxyl groups is 1. The van der Waals surface area contributed by atoms with Crippen LogP contribution in [0, 0.1) is 23.0 Å². The summed E-state index contributed by atoms with van der Waals surface area (Å²) in [4.78, 5) is 20.8. The standard InChI is InChI=1S/C30H33F2N7O3S.2ClH/c1-19(34-3)10-12-35-29(40)42-13-11-27-36-18-39(38-27)17-30(41,24-14-23(31)8-9-25(24)32)20(2)28-37-26(16-43-28)22-6-4-21(15-33)5-7-22;;/h4-9,14,16,18-20,34,41H,10-13,17H2,1-3H3,(H,35,40);2*1H/q+1;;/p-1/t19?,20-,30+;;/m0../s1. The van der Waals surface area contributed by atoms with E-state index in [2.05, 4.69) is 31.8 Å². The number of carbonyl (C=O) groups excluding carboxylic acids is 1. The number of amides is 1. The Morgan fingerprint density at radius 3 is 2.67 bits per heavy atom. The number of hydrogen-bond donors (Lipinski definition) is 3. The number of thiazole rings is 1. The van der Waals surface area contributed by atoms with Gasteiger partial charge in [-0.2, -0.15) is 5.26 Å². The molecule has 10 nitrogen and oxygen atoms in total. The summed E-state index contributed by atoms with van der Waals surface area (Å²) in [5.41, 5.74) is -0.279. The molecule has 0 saturated carbocycles. The fraction of sp³-hybridized carbons (Fsp3) is 0.367. The number of hydrogen-bond acceptors (Lipinski definition) is 10. The molecule has 0 saturated heterocycles. The Morgan fingerprint density at radius 2 is 1.98 bits per heavy atom. The summed E-state index contributed by atoms with van der Waals surface area (Å²) in [6.07, 6.45) is 1.81. The van der Waals surface area contributed by atoms with Crippen LogP contribution in [-0.4, -0.2) is 66.2 Å². The van der Waals surface area contributed by atoms with Crippen molar-refractivity contribution >= 4 is 42.0 Å². The van der Waals surface area contributed by atoms with Gasteiger partial charge in [0.25, 0.3) is 6.34 Å². The zero-order valence-corrected chi connectivity index (χ0v) is 27.2. The van der Waals surface area contributed by atoms with Crippen LogP contribution in [0.25, 0.3) is 11.3 Å². The molecule has 1 aromatic heterocycles. The van der Waals surface area contributed by atoms with Gasteiger partial charge in [0.15, 0.2) is 0 Å². The molecule has 2 heterocycles. The quantitative estimate of drug-likeness (QED) is 0.249. The van der Waals surface area contributed by atoms with E-state index in [-0.39, 0.29) is 56.0 Å². The highest BCUT2D eigenvalue weighted by atomic mass is 35.5. The average Bonchev–Trinajstić information content (AvgIpc) is 3.68. The van der Waals surface area contributed by atoms with Gasteiger partial charge in [0.2, 0.25) is 0 Å². The summed E-state index contributed by atoms with van der Waals surface area (Å²) < 4.78 is 34.6. The second-order valence-electron chi connectivity index (χ2n) is 10.2. The molecule has 0 spiro atoms. The van der Waals surface area contributed by atoms with Gasteiger partial charge < -0.3 is 32.9 Å². The van der Waals surface area contributed by atoms with Gasteiger partial charge in [-0.1, -0.05) is 24.0 Å². The van der Waals surface area contributed by atoms with Gasteiger partial charge in [-0.05, 0) is 50.7 Å². The van der Waals surface area contributed by atoms with E-state index in [1.165, 1.54) is 22.7 Å². The van der Waals surface area contributed by atoms with Crippen LogP contribution in [0.1, 0.15) is 48.7 Å². The van der Waals surface area contributed by atoms with Crippen molar-refractivity contribution < 1.29 is 35.8 Å². The molecular weight excluding hydrogens is 647 g/mol. The second kappa shape index (κ2) is 17.1. The van der Waals surface area contributed by atoms with Gasteiger partial charge >= 0.3 is 11.9 Å². The zero-order valence-electron chi connectivity index (χ0n) is 24.8. The molecule has 3 aromatic rings. The van der Waals surface area contributed by atoms with E-state index < -0.39 is 29.2 Å². The van der Waals surface area contributed by atoms with Crippen molar-refractivity contribution in [1.29, 1.82) is 5.26 Å². The van der Waals surface area contributed by atoms with Gasteiger partial charge in [0.1, 0.15) is 30.4 Å². The number of halogens is 4. The number of nitrogens with zero attached hydrogens (tertiary/aromatic N) is 5. The summed E-state index contributed by atoms with van der Waals surface area (Å²) in [6.45, 7) is 3.94. The van der Waals surface area contributed by atoms with Crippen LogP contribution in [0.5, 0.6) is 0 Å². The number of nitriles is 1. The molecular formula is C30H34Cl2F2N7O3S. The monoisotopic (exact) mass is 680 g/mol. The second-order valence-corrected chi connectivity index (χ2v) is 11.1. The third-order valence-electron chi connectivity index (χ3n) is 7.20. The molecule has 45 heavy (non-hydrogen) atoms. The van der Waals surface area contributed by atoms with Crippen molar-refractivity contribution in [3.63, 3.8) is 0 Å². The summed E-state index contributed by atoms with van der Waals surface area (Å²) >= 11 is 1.28. The molecule has 2 aromatic carbocycles. The van der Waals surface area contributed by atoms with E-state index in [0.717, 1.165) is 30.2 Å². The maximum atomic E-state index is 15.1. The van der Waals surface area contributed by atoms with E-state index >= 15 is 4.39 Å². The molecule has 1 amide bonds. The molecule has 1 aliphatic heterocycles. The number of ether oxygens (including phenoxy) is 1. The van der Waals surface area contributed by atoms with Crippen molar-refractivity contribution in [3.8, 4) is 17.3 Å². The number of alkyl carbamates (subject to hydrolysis) is 1. The molecule has 0 fully saturated rings. The van der Waals surface area contributed by atoms with E-state index in [1.807, 2.05) is 14.0 Å². The molecule has 3 atom stereocenters.